The first-order valence-electron chi connectivity index (χ1n) is 7.32. The van der Waals surface area contributed by atoms with Crippen molar-refractivity contribution in [1.29, 1.82) is 0 Å². The number of halogens is 1. The summed E-state index contributed by atoms with van der Waals surface area (Å²) in [5.74, 6) is 0.101. The van der Waals surface area contributed by atoms with Crippen LogP contribution in [0.25, 0.3) is 22.3 Å². The molecule has 1 amide bonds. The maximum atomic E-state index is 12.8. The van der Waals surface area contributed by atoms with Gasteiger partial charge in [-0.15, -0.1) is 0 Å². The molecule has 0 radical (unpaired) electrons. The summed E-state index contributed by atoms with van der Waals surface area (Å²) in [5.41, 5.74) is 5.77. The van der Waals surface area contributed by atoms with Gasteiger partial charge in [0, 0.05) is 5.56 Å². The number of para-hydroxylation sites is 1. The van der Waals surface area contributed by atoms with E-state index < -0.39 is 12.5 Å². The van der Waals surface area contributed by atoms with Crippen LogP contribution in [0.1, 0.15) is 0 Å². The van der Waals surface area contributed by atoms with Gasteiger partial charge >= 0.3 is 0 Å². The van der Waals surface area contributed by atoms with E-state index in [-0.39, 0.29) is 16.9 Å². The molecular formula is C18H14BrNO5. The number of primary amides is 1. The van der Waals surface area contributed by atoms with Gasteiger partial charge in [-0.2, -0.15) is 0 Å². The molecule has 0 bridgehead atoms. The topological polar surface area (TPSA) is 91.8 Å². The SMILES string of the molecule is COc1ccc(-c2oc3ccccc3c(=O)c2OCC(N)=O)cc1Br. The molecule has 7 heteroatoms. The molecule has 0 fully saturated rings. The summed E-state index contributed by atoms with van der Waals surface area (Å²) in [5, 5.41) is 0.360. The summed E-state index contributed by atoms with van der Waals surface area (Å²) in [6.45, 7) is -0.423. The van der Waals surface area contributed by atoms with Crippen molar-refractivity contribution < 1.29 is 18.7 Å². The number of benzene rings is 2. The Morgan fingerprint density at radius 3 is 2.68 bits per heavy atom. The van der Waals surface area contributed by atoms with Crippen LogP contribution in [0.2, 0.25) is 0 Å². The zero-order valence-electron chi connectivity index (χ0n) is 13.2. The highest BCUT2D eigenvalue weighted by molar-refractivity contribution is 9.10. The summed E-state index contributed by atoms with van der Waals surface area (Å²) in [7, 11) is 1.55. The van der Waals surface area contributed by atoms with Crippen LogP contribution in [0, 0.1) is 0 Å². The first-order chi connectivity index (χ1) is 12.0. The summed E-state index contributed by atoms with van der Waals surface area (Å²) in [6, 6.07) is 12.0. The number of rotatable bonds is 5. The zero-order chi connectivity index (χ0) is 18.0. The molecule has 0 aliphatic carbocycles. The minimum absolute atomic E-state index is 0.0606. The molecule has 0 aliphatic rings. The number of ether oxygens (including phenoxy) is 2. The Bertz CT molecular complexity index is 1010. The Balaban J connectivity index is 2.24. The Kier molecular flexibility index (Phi) is 4.76. The second-order valence-corrected chi connectivity index (χ2v) is 6.04. The van der Waals surface area contributed by atoms with Gasteiger partial charge in [-0.25, -0.2) is 0 Å². The fourth-order valence-electron chi connectivity index (χ4n) is 2.40. The third-order valence-electron chi connectivity index (χ3n) is 3.53. The molecule has 3 rings (SSSR count). The fraction of sp³-hybridized carbons (Fsp3) is 0.111. The van der Waals surface area contributed by atoms with Crippen LogP contribution < -0.4 is 20.6 Å². The van der Waals surface area contributed by atoms with Gasteiger partial charge in [0.1, 0.15) is 11.3 Å². The van der Waals surface area contributed by atoms with E-state index in [0.29, 0.717) is 26.8 Å². The summed E-state index contributed by atoms with van der Waals surface area (Å²) >= 11 is 3.40. The molecule has 3 aromatic rings. The Morgan fingerprint density at radius 1 is 1.24 bits per heavy atom. The average Bonchev–Trinajstić information content (AvgIpc) is 2.60. The predicted molar refractivity (Wildman–Crippen MR) is 96.9 cm³/mol. The molecule has 6 nitrogen and oxygen atoms in total. The van der Waals surface area contributed by atoms with Crippen molar-refractivity contribution in [1.82, 2.24) is 0 Å². The maximum absolute atomic E-state index is 12.8. The number of carbonyl (C=O) groups excluding carboxylic acids is 1. The van der Waals surface area contributed by atoms with Crippen LogP contribution in [-0.2, 0) is 4.79 Å². The monoisotopic (exact) mass is 403 g/mol. The number of nitrogens with two attached hydrogens (primary N) is 1. The van der Waals surface area contributed by atoms with E-state index in [1.54, 1.807) is 49.6 Å². The molecule has 128 valence electrons. The van der Waals surface area contributed by atoms with Crippen LogP contribution in [0.3, 0.4) is 0 Å². The highest BCUT2D eigenvalue weighted by atomic mass is 79.9. The van der Waals surface area contributed by atoms with Gasteiger partial charge in [0.05, 0.1) is 17.0 Å². The third-order valence-corrected chi connectivity index (χ3v) is 4.15. The van der Waals surface area contributed by atoms with E-state index in [9.17, 15) is 9.59 Å². The van der Waals surface area contributed by atoms with Crippen molar-refractivity contribution in [3.05, 3.63) is 57.2 Å². The molecule has 1 aromatic heterocycles. The highest BCUT2D eigenvalue weighted by Crippen LogP contribution is 2.35. The normalized spacial score (nSPS) is 10.6. The average molecular weight is 404 g/mol. The van der Waals surface area contributed by atoms with Gasteiger partial charge in [-0.05, 0) is 46.3 Å². The minimum atomic E-state index is -0.686. The summed E-state index contributed by atoms with van der Waals surface area (Å²) < 4.78 is 17.1. The Hall–Kier alpha value is -2.80. The van der Waals surface area contributed by atoms with Gasteiger partial charge < -0.3 is 19.6 Å². The van der Waals surface area contributed by atoms with Crippen molar-refractivity contribution in [3.63, 3.8) is 0 Å². The summed E-state index contributed by atoms with van der Waals surface area (Å²) in [6.07, 6.45) is 0. The third kappa shape index (κ3) is 3.36. The molecule has 1 heterocycles. The fourth-order valence-corrected chi connectivity index (χ4v) is 2.94. The molecule has 0 saturated carbocycles. The lowest BCUT2D eigenvalue weighted by molar-refractivity contribution is -0.119. The summed E-state index contributed by atoms with van der Waals surface area (Å²) in [4.78, 5) is 23.8. The Labute approximate surface area is 151 Å². The molecule has 2 aromatic carbocycles. The smallest absolute Gasteiger partial charge is 0.255 e. The molecule has 25 heavy (non-hydrogen) atoms. The van der Waals surface area contributed by atoms with Gasteiger partial charge in [-0.3, -0.25) is 9.59 Å². The van der Waals surface area contributed by atoms with E-state index in [1.165, 1.54) is 0 Å². The lowest BCUT2D eigenvalue weighted by atomic mass is 10.1. The van der Waals surface area contributed by atoms with E-state index in [2.05, 4.69) is 15.9 Å². The molecule has 0 atom stereocenters. The van der Waals surface area contributed by atoms with E-state index in [1.807, 2.05) is 0 Å². The van der Waals surface area contributed by atoms with E-state index in [0.717, 1.165) is 0 Å². The zero-order valence-corrected chi connectivity index (χ0v) is 14.8. The molecule has 0 spiro atoms. The van der Waals surface area contributed by atoms with Gasteiger partial charge in [0.15, 0.2) is 12.4 Å². The van der Waals surface area contributed by atoms with Crippen molar-refractivity contribution in [2.45, 2.75) is 0 Å². The van der Waals surface area contributed by atoms with Crippen LogP contribution in [-0.4, -0.2) is 19.6 Å². The first-order valence-corrected chi connectivity index (χ1v) is 8.11. The second-order valence-electron chi connectivity index (χ2n) is 5.19. The first kappa shape index (κ1) is 17.0. The minimum Gasteiger partial charge on any atom is -0.496 e. The lowest BCUT2D eigenvalue weighted by Gasteiger charge is -2.12. The van der Waals surface area contributed by atoms with E-state index in [4.69, 9.17) is 19.6 Å². The number of carbonyl (C=O) groups is 1. The second kappa shape index (κ2) is 6.98. The quantitative estimate of drug-likeness (QED) is 0.706. The van der Waals surface area contributed by atoms with E-state index >= 15 is 0 Å². The van der Waals surface area contributed by atoms with Gasteiger partial charge in [-0.1, -0.05) is 12.1 Å². The van der Waals surface area contributed by atoms with Gasteiger partial charge in [0.25, 0.3) is 5.91 Å². The Morgan fingerprint density at radius 2 is 2.00 bits per heavy atom. The standard InChI is InChI=1S/C18H14BrNO5/c1-23-14-7-6-10(8-12(14)19)17-18(24-9-15(20)21)16(22)11-4-2-3-5-13(11)25-17/h2-8H,9H2,1H3,(H2,20,21). The van der Waals surface area contributed by atoms with Crippen molar-refractivity contribution >= 4 is 32.8 Å². The van der Waals surface area contributed by atoms with Crippen LogP contribution in [0.4, 0.5) is 0 Å². The van der Waals surface area contributed by atoms with Crippen molar-refractivity contribution in [3.8, 4) is 22.8 Å². The van der Waals surface area contributed by atoms with Crippen LogP contribution in [0.15, 0.2) is 56.1 Å². The van der Waals surface area contributed by atoms with Crippen molar-refractivity contribution in [2.24, 2.45) is 5.73 Å². The molecular weight excluding hydrogens is 390 g/mol. The largest absolute Gasteiger partial charge is 0.496 e. The number of hydrogen-bond acceptors (Lipinski definition) is 5. The number of methoxy groups -OCH3 is 1. The van der Waals surface area contributed by atoms with Crippen molar-refractivity contribution in [2.75, 3.05) is 13.7 Å². The molecule has 0 aliphatic heterocycles. The predicted octanol–water partition coefficient (Wildman–Crippen LogP) is 3.10. The maximum Gasteiger partial charge on any atom is 0.255 e. The lowest BCUT2D eigenvalue weighted by Crippen LogP contribution is -2.22. The number of amides is 1. The van der Waals surface area contributed by atoms with Gasteiger partial charge in [0.2, 0.25) is 11.2 Å². The van der Waals surface area contributed by atoms with Crippen LogP contribution >= 0.6 is 15.9 Å². The molecule has 0 unspecified atom stereocenters. The van der Waals surface area contributed by atoms with Crippen LogP contribution in [0.5, 0.6) is 11.5 Å². The number of fused-ring (bicyclic) bond motifs is 1. The highest BCUT2D eigenvalue weighted by Gasteiger charge is 2.19. The molecule has 2 N–H and O–H groups in total. The number of hydrogen-bond donors (Lipinski definition) is 1. The molecule has 0 saturated heterocycles.